The maximum absolute atomic E-state index is 10.9. The molecule has 0 radical (unpaired) electrons. The first-order chi connectivity index (χ1) is 9.47. The number of hydrogen-bond donors (Lipinski definition) is 1. The first kappa shape index (κ1) is 16.4. The van der Waals surface area contributed by atoms with Crippen LogP contribution in [0.15, 0.2) is 22.7 Å². The summed E-state index contributed by atoms with van der Waals surface area (Å²) in [5.74, 6) is -1.00. The molecule has 1 rings (SSSR count). The maximum atomic E-state index is 10.9. The van der Waals surface area contributed by atoms with Crippen LogP contribution in [0.3, 0.4) is 0 Å². The van der Waals surface area contributed by atoms with Gasteiger partial charge in [0.05, 0.1) is 16.0 Å². The molecule has 1 atom stereocenters. The van der Waals surface area contributed by atoms with E-state index in [-0.39, 0.29) is 31.1 Å². The molecule has 1 aromatic carbocycles. The van der Waals surface area contributed by atoms with E-state index in [2.05, 4.69) is 15.9 Å². The molecule has 0 spiro atoms. The molecule has 0 bridgehead atoms. The number of para-hydroxylation sites is 1. The highest BCUT2D eigenvalue weighted by atomic mass is 79.9. The Morgan fingerprint density at radius 3 is 2.80 bits per heavy atom. The second kappa shape index (κ2) is 7.81. The van der Waals surface area contributed by atoms with Gasteiger partial charge in [0.15, 0.2) is 6.10 Å². The Morgan fingerprint density at radius 2 is 2.25 bits per heavy atom. The van der Waals surface area contributed by atoms with E-state index in [0.29, 0.717) is 4.47 Å². The minimum Gasteiger partial charge on any atom is -0.486 e. The first-order valence-electron chi connectivity index (χ1n) is 5.87. The normalized spacial score (nSPS) is 11.9. The van der Waals surface area contributed by atoms with Gasteiger partial charge >= 0.3 is 11.7 Å². The van der Waals surface area contributed by atoms with Crippen LogP contribution >= 0.6 is 15.9 Å². The summed E-state index contributed by atoms with van der Waals surface area (Å²) in [5.41, 5.74) is -0.178. The van der Waals surface area contributed by atoms with Gasteiger partial charge in [-0.2, -0.15) is 0 Å². The number of rotatable bonds is 8. The summed E-state index contributed by atoms with van der Waals surface area (Å²) in [4.78, 5) is 21.2. The first-order valence-corrected chi connectivity index (χ1v) is 6.66. The van der Waals surface area contributed by atoms with Crippen molar-refractivity contribution >= 4 is 27.6 Å². The molecule has 110 valence electrons. The van der Waals surface area contributed by atoms with Crippen molar-refractivity contribution in [2.75, 3.05) is 13.2 Å². The van der Waals surface area contributed by atoms with Crippen molar-refractivity contribution in [3.05, 3.63) is 32.8 Å². The number of hydrogen-bond acceptors (Lipinski definition) is 5. The van der Waals surface area contributed by atoms with Crippen LogP contribution < -0.4 is 4.74 Å². The zero-order valence-corrected chi connectivity index (χ0v) is 12.3. The number of benzene rings is 1. The molecule has 0 aliphatic carbocycles. The summed E-state index contributed by atoms with van der Waals surface area (Å²) in [5, 5.41) is 19.8. The Morgan fingerprint density at radius 1 is 1.55 bits per heavy atom. The van der Waals surface area contributed by atoms with E-state index in [4.69, 9.17) is 14.6 Å². The summed E-state index contributed by atoms with van der Waals surface area (Å²) in [6.45, 7) is 1.96. The average Bonchev–Trinajstić information content (AvgIpc) is 2.38. The van der Waals surface area contributed by atoms with Gasteiger partial charge in [-0.15, -0.1) is 0 Å². The van der Waals surface area contributed by atoms with Gasteiger partial charge in [-0.05, 0) is 28.9 Å². The Kier molecular flexibility index (Phi) is 6.40. The van der Waals surface area contributed by atoms with Gasteiger partial charge in [-0.1, -0.05) is 6.07 Å². The largest absolute Gasteiger partial charge is 0.486 e. The number of ether oxygens (including phenoxy) is 2. The quantitative estimate of drug-likeness (QED) is 0.573. The zero-order valence-electron chi connectivity index (χ0n) is 10.7. The lowest BCUT2D eigenvalue weighted by molar-refractivity contribution is -0.386. The molecule has 0 heterocycles. The van der Waals surface area contributed by atoms with E-state index >= 15 is 0 Å². The van der Waals surface area contributed by atoms with Crippen molar-refractivity contribution in [2.45, 2.75) is 19.4 Å². The number of nitro groups is 1. The molecule has 8 heteroatoms. The van der Waals surface area contributed by atoms with Crippen LogP contribution in [0.2, 0.25) is 0 Å². The van der Waals surface area contributed by atoms with E-state index in [1.807, 2.05) is 0 Å². The van der Waals surface area contributed by atoms with Gasteiger partial charge in [0, 0.05) is 19.1 Å². The van der Waals surface area contributed by atoms with Crippen molar-refractivity contribution in [1.29, 1.82) is 0 Å². The SMILES string of the molecule is CCOC(CCOc1c(Br)cccc1[N+](=O)[O-])C(=O)O. The third-order valence-corrected chi connectivity index (χ3v) is 3.04. The smallest absolute Gasteiger partial charge is 0.332 e. The molecule has 1 aromatic rings. The number of aliphatic carboxylic acids is 1. The number of halogens is 1. The van der Waals surface area contributed by atoms with Crippen molar-refractivity contribution < 1.29 is 24.3 Å². The van der Waals surface area contributed by atoms with Gasteiger partial charge in [-0.25, -0.2) is 4.79 Å². The predicted molar refractivity (Wildman–Crippen MR) is 74.0 cm³/mol. The molecular formula is C12H14BrNO6. The molecule has 1 unspecified atom stereocenters. The zero-order chi connectivity index (χ0) is 15.1. The van der Waals surface area contributed by atoms with Crippen LogP contribution in [0.4, 0.5) is 5.69 Å². The minimum atomic E-state index is -1.09. The van der Waals surface area contributed by atoms with Crippen LogP contribution in [-0.2, 0) is 9.53 Å². The van der Waals surface area contributed by atoms with Crippen molar-refractivity contribution in [3.8, 4) is 5.75 Å². The van der Waals surface area contributed by atoms with Gasteiger partial charge in [0.2, 0.25) is 5.75 Å². The van der Waals surface area contributed by atoms with Crippen molar-refractivity contribution in [3.63, 3.8) is 0 Å². The Balaban J connectivity index is 2.70. The fraction of sp³-hybridized carbons (Fsp3) is 0.417. The molecule has 0 aliphatic heterocycles. The Hall–Kier alpha value is -1.67. The lowest BCUT2D eigenvalue weighted by Gasteiger charge is -2.13. The summed E-state index contributed by atoms with van der Waals surface area (Å²) in [6, 6.07) is 4.45. The highest BCUT2D eigenvalue weighted by Gasteiger charge is 2.21. The molecule has 1 N–H and O–H groups in total. The van der Waals surface area contributed by atoms with E-state index in [1.54, 1.807) is 13.0 Å². The third-order valence-electron chi connectivity index (χ3n) is 2.41. The summed E-state index contributed by atoms with van der Waals surface area (Å²) in [6.07, 6.45) is -0.886. The van der Waals surface area contributed by atoms with Crippen LogP contribution in [0.25, 0.3) is 0 Å². The van der Waals surface area contributed by atoms with Gasteiger partial charge in [0.1, 0.15) is 0 Å². The average molecular weight is 348 g/mol. The van der Waals surface area contributed by atoms with Gasteiger partial charge in [-0.3, -0.25) is 10.1 Å². The molecule has 20 heavy (non-hydrogen) atoms. The maximum Gasteiger partial charge on any atom is 0.332 e. The standard InChI is InChI=1S/C12H14BrNO6/c1-2-19-10(12(15)16)6-7-20-11-8(13)4-3-5-9(11)14(17)18/h3-5,10H,2,6-7H2,1H3,(H,15,16). The van der Waals surface area contributed by atoms with Crippen LogP contribution in [-0.4, -0.2) is 35.3 Å². The molecule has 0 saturated heterocycles. The molecular weight excluding hydrogens is 334 g/mol. The van der Waals surface area contributed by atoms with Crippen molar-refractivity contribution in [1.82, 2.24) is 0 Å². The fourth-order valence-corrected chi connectivity index (χ4v) is 2.00. The van der Waals surface area contributed by atoms with E-state index in [9.17, 15) is 14.9 Å². The summed E-state index contributed by atoms with van der Waals surface area (Å²) < 4.78 is 10.8. The van der Waals surface area contributed by atoms with E-state index < -0.39 is 17.0 Å². The molecule has 7 nitrogen and oxygen atoms in total. The number of carboxylic acid groups (broad SMARTS) is 1. The molecule has 0 fully saturated rings. The highest BCUT2D eigenvalue weighted by molar-refractivity contribution is 9.10. The number of carbonyl (C=O) groups is 1. The second-order valence-electron chi connectivity index (χ2n) is 3.76. The molecule has 0 aromatic heterocycles. The van der Waals surface area contributed by atoms with Gasteiger partial charge in [0.25, 0.3) is 0 Å². The van der Waals surface area contributed by atoms with Crippen LogP contribution in [0.1, 0.15) is 13.3 Å². The van der Waals surface area contributed by atoms with E-state index in [1.165, 1.54) is 12.1 Å². The van der Waals surface area contributed by atoms with Crippen LogP contribution in [0.5, 0.6) is 5.75 Å². The Bertz CT molecular complexity index is 493. The molecule has 0 saturated carbocycles. The summed E-state index contributed by atoms with van der Waals surface area (Å²) >= 11 is 3.17. The topological polar surface area (TPSA) is 98.9 Å². The number of carboxylic acids is 1. The minimum absolute atomic E-state index is 0.000417. The second-order valence-corrected chi connectivity index (χ2v) is 4.62. The fourth-order valence-electron chi connectivity index (χ4n) is 1.53. The molecule has 0 amide bonds. The lowest BCUT2D eigenvalue weighted by atomic mass is 10.2. The number of nitro benzene ring substituents is 1. The van der Waals surface area contributed by atoms with E-state index in [0.717, 1.165) is 0 Å². The monoisotopic (exact) mass is 347 g/mol. The third kappa shape index (κ3) is 4.46. The highest BCUT2D eigenvalue weighted by Crippen LogP contribution is 2.34. The Labute approximate surface area is 123 Å². The predicted octanol–water partition coefficient (Wildman–Crippen LogP) is 2.62. The lowest BCUT2D eigenvalue weighted by Crippen LogP contribution is -2.26. The molecule has 0 aliphatic rings. The van der Waals surface area contributed by atoms with Crippen LogP contribution in [0, 0.1) is 10.1 Å². The van der Waals surface area contributed by atoms with Crippen molar-refractivity contribution in [2.24, 2.45) is 0 Å². The number of nitrogens with zero attached hydrogens (tertiary/aromatic N) is 1. The van der Waals surface area contributed by atoms with Gasteiger partial charge < -0.3 is 14.6 Å². The summed E-state index contributed by atoms with van der Waals surface area (Å²) in [7, 11) is 0.